The highest BCUT2D eigenvalue weighted by molar-refractivity contribution is 5.41. The largest absolute Gasteiger partial charge is 0.618 e. The van der Waals surface area contributed by atoms with Gasteiger partial charge in [-0.05, 0) is 12.5 Å². The maximum atomic E-state index is 10.8. The summed E-state index contributed by atoms with van der Waals surface area (Å²) in [6.07, 6.45) is 1.38. The SMILES string of the molecule is Cc1cc(C)[n+]([O-])cc1N. The summed E-state index contributed by atoms with van der Waals surface area (Å²) in [5.41, 5.74) is 7.63. The number of anilines is 1. The molecule has 0 aliphatic rings. The van der Waals surface area contributed by atoms with Crippen molar-refractivity contribution in [3.05, 3.63) is 28.7 Å². The summed E-state index contributed by atoms with van der Waals surface area (Å²) in [6, 6.07) is 1.77. The van der Waals surface area contributed by atoms with E-state index < -0.39 is 0 Å². The Morgan fingerprint density at radius 3 is 2.60 bits per heavy atom. The molecule has 0 unspecified atom stereocenters. The minimum atomic E-state index is 0.542. The summed E-state index contributed by atoms with van der Waals surface area (Å²) in [5.74, 6) is 0. The molecule has 3 heteroatoms. The van der Waals surface area contributed by atoms with Crippen molar-refractivity contribution in [2.45, 2.75) is 13.8 Å². The summed E-state index contributed by atoms with van der Waals surface area (Å²) < 4.78 is 0.766. The molecule has 0 spiro atoms. The number of hydrogen-bond donors (Lipinski definition) is 1. The first-order chi connectivity index (χ1) is 4.61. The Bertz CT molecular complexity index is 208. The van der Waals surface area contributed by atoms with Gasteiger partial charge in [0.05, 0.1) is 0 Å². The lowest BCUT2D eigenvalue weighted by Gasteiger charge is -2.02. The molecule has 0 aliphatic heterocycles. The fourth-order valence-corrected chi connectivity index (χ4v) is 0.790. The van der Waals surface area contributed by atoms with Gasteiger partial charge in [-0.25, -0.2) is 0 Å². The molecule has 0 aliphatic carbocycles. The molecule has 1 aromatic rings. The van der Waals surface area contributed by atoms with Gasteiger partial charge in [-0.3, -0.25) is 0 Å². The van der Waals surface area contributed by atoms with Crippen LogP contribution in [0.1, 0.15) is 11.3 Å². The Morgan fingerprint density at radius 1 is 1.50 bits per heavy atom. The van der Waals surface area contributed by atoms with Crippen molar-refractivity contribution in [2.75, 3.05) is 5.73 Å². The van der Waals surface area contributed by atoms with E-state index in [1.165, 1.54) is 6.20 Å². The molecule has 1 rings (SSSR count). The minimum absolute atomic E-state index is 0.542. The zero-order chi connectivity index (χ0) is 7.72. The van der Waals surface area contributed by atoms with Crippen LogP contribution in [0.2, 0.25) is 0 Å². The fourth-order valence-electron chi connectivity index (χ4n) is 0.790. The van der Waals surface area contributed by atoms with E-state index in [0.717, 1.165) is 10.3 Å². The molecule has 3 nitrogen and oxygen atoms in total. The Labute approximate surface area is 59.7 Å². The van der Waals surface area contributed by atoms with Gasteiger partial charge in [-0.15, -0.1) is 0 Å². The summed E-state index contributed by atoms with van der Waals surface area (Å²) in [7, 11) is 0. The maximum absolute atomic E-state index is 10.8. The van der Waals surface area contributed by atoms with Crippen LogP contribution in [0, 0.1) is 19.1 Å². The van der Waals surface area contributed by atoms with Gasteiger partial charge in [0.15, 0.2) is 5.69 Å². The molecule has 0 atom stereocenters. The van der Waals surface area contributed by atoms with Crippen LogP contribution in [0.15, 0.2) is 12.3 Å². The first-order valence-electron chi connectivity index (χ1n) is 3.07. The molecule has 0 radical (unpaired) electrons. The van der Waals surface area contributed by atoms with Crippen molar-refractivity contribution in [1.82, 2.24) is 0 Å². The topological polar surface area (TPSA) is 53.0 Å². The standard InChI is InChI=1S/C7H10N2O/c1-5-3-6(2)9(10)4-7(5)8/h3-4H,8H2,1-2H3. The van der Waals surface area contributed by atoms with E-state index in [9.17, 15) is 5.21 Å². The summed E-state index contributed by atoms with van der Waals surface area (Å²) in [4.78, 5) is 0. The molecule has 0 aromatic carbocycles. The molecular formula is C7H10N2O. The highest BCUT2D eigenvalue weighted by Crippen LogP contribution is 2.06. The quantitative estimate of drug-likeness (QED) is 0.419. The predicted octanol–water partition coefficient (Wildman–Crippen LogP) is 0.519. The third-order valence-corrected chi connectivity index (χ3v) is 1.48. The molecule has 10 heavy (non-hydrogen) atoms. The predicted molar refractivity (Wildman–Crippen MR) is 39.3 cm³/mol. The molecule has 0 saturated heterocycles. The third kappa shape index (κ3) is 1.03. The molecule has 1 aromatic heterocycles. The molecule has 0 amide bonds. The van der Waals surface area contributed by atoms with Crippen LogP contribution in [-0.2, 0) is 0 Å². The van der Waals surface area contributed by atoms with Gasteiger partial charge in [0.25, 0.3) is 0 Å². The average Bonchev–Trinajstić information content (AvgIpc) is 1.84. The lowest BCUT2D eigenvalue weighted by molar-refractivity contribution is -0.611. The van der Waals surface area contributed by atoms with Crippen LogP contribution in [0.5, 0.6) is 0 Å². The summed E-state index contributed by atoms with van der Waals surface area (Å²) >= 11 is 0. The highest BCUT2D eigenvalue weighted by Gasteiger charge is 2.01. The van der Waals surface area contributed by atoms with Gasteiger partial charge < -0.3 is 10.9 Å². The second-order valence-electron chi connectivity index (χ2n) is 2.38. The van der Waals surface area contributed by atoms with Gasteiger partial charge in [-0.2, -0.15) is 4.73 Å². The number of aromatic nitrogens is 1. The Kier molecular flexibility index (Phi) is 1.49. The normalized spacial score (nSPS) is 9.80. The maximum Gasteiger partial charge on any atom is 0.203 e. The van der Waals surface area contributed by atoms with Crippen LogP contribution in [0.25, 0.3) is 0 Å². The molecule has 54 valence electrons. The third-order valence-electron chi connectivity index (χ3n) is 1.48. The van der Waals surface area contributed by atoms with Crippen molar-refractivity contribution in [2.24, 2.45) is 0 Å². The number of aryl methyl sites for hydroxylation is 2. The van der Waals surface area contributed by atoms with Gasteiger partial charge in [0.1, 0.15) is 5.69 Å². The van der Waals surface area contributed by atoms with Crippen LogP contribution < -0.4 is 10.5 Å². The highest BCUT2D eigenvalue weighted by atomic mass is 16.5. The summed E-state index contributed by atoms with van der Waals surface area (Å²) in [5, 5.41) is 10.8. The summed E-state index contributed by atoms with van der Waals surface area (Å²) in [6.45, 7) is 3.63. The van der Waals surface area contributed by atoms with Crippen LogP contribution in [0.3, 0.4) is 0 Å². The van der Waals surface area contributed by atoms with Gasteiger partial charge >= 0.3 is 0 Å². The fraction of sp³-hybridized carbons (Fsp3) is 0.286. The Hall–Kier alpha value is -1.25. The van der Waals surface area contributed by atoms with E-state index in [2.05, 4.69) is 0 Å². The minimum Gasteiger partial charge on any atom is -0.618 e. The number of nitrogens with zero attached hydrogens (tertiary/aromatic N) is 1. The Morgan fingerprint density at radius 2 is 2.10 bits per heavy atom. The van der Waals surface area contributed by atoms with E-state index in [1.54, 1.807) is 13.0 Å². The molecule has 2 N–H and O–H groups in total. The first-order valence-corrected chi connectivity index (χ1v) is 3.07. The van der Waals surface area contributed by atoms with Crippen molar-refractivity contribution in [3.63, 3.8) is 0 Å². The second-order valence-corrected chi connectivity index (χ2v) is 2.38. The number of pyridine rings is 1. The zero-order valence-corrected chi connectivity index (χ0v) is 6.09. The second kappa shape index (κ2) is 2.17. The lowest BCUT2D eigenvalue weighted by Crippen LogP contribution is -2.30. The zero-order valence-electron chi connectivity index (χ0n) is 6.09. The van der Waals surface area contributed by atoms with E-state index in [1.807, 2.05) is 6.92 Å². The van der Waals surface area contributed by atoms with Gasteiger partial charge in [-0.1, -0.05) is 0 Å². The van der Waals surface area contributed by atoms with E-state index in [4.69, 9.17) is 5.73 Å². The number of nitrogen functional groups attached to an aromatic ring is 1. The molecular weight excluding hydrogens is 128 g/mol. The van der Waals surface area contributed by atoms with Crippen LogP contribution in [0.4, 0.5) is 5.69 Å². The van der Waals surface area contributed by atoms with Crippen molar-refractivity contribution >= 4 is 5.69 Å². The smallest absolute Gasteiger partial charge is 0.203 e. The average molecular weight is 138 g/mol. The Balaban J connectivity index is 3.28. The van der Waals surface area contributed by atoms with Crippen LogP contribution in [-0.4, -0.2) is 0 Å². The van der Waals surface area contributed by atoms with E-state index >= 15 is 0 Å². The number of rotatable bonds is 0. The van der Waals surface area contributed by atoms with Crippen molar-refractivity contribution in [3.8, 4) is 0 Å². The lowest BCUT2D eigenvalue weighted by atomic mass is 10.2. The van der Waals surface area contributed by atoms with E-state index in [-0.39, 0.29) is 0 Å². The number of hydrogen-bond acceptors (Lipinski definition) is 2. The molecule has 0 saturated carbocycles. The molecule has 1 heterocycles. The van der Waals surface area contributed by atoms with Crippen molar-refractivity contribution < 1.29 is 4.73 Å². The van der Waals surface area contributed by atoms with E-state index in [0.29, 0.717) is 11.4 Å². The molecule has 0 fully saturated rings. The monoisotopic (exact) mass is 138 g/mol. The van der Waals surface area contributed by atoms with Crippen molar-refractivity contribution in [1.29, 1.82) is 0 Å². The van der Waals surface area contributed by atoms with Crippen LogP contribution >= 0.6 is 0 Å². The van der Waals surface area contributed by atoms with Gasteiger partial charge in [0.2, 0.25) is 6.20 Å². The first kappa shape index (κ1) is 6.86. The molecule has 0 bridgehead atoms. The number of nitrogens with two attached hydrogens (primary N) is 1. The van der Waals surface area contributed by atoms with Gasteiger partial charge in [0, 0.05) is 13.0 Å².